The number of rotatable bonds is 11. The van der Waals surface area contributed by atoms with E-state index in [0.717, 1.165) is 52.2 Å². The van der Waals surface area contributed by atoms with Crippen molar-refractivity contribution in [3.05, 3.63) is 71.0 Å². The fraction of sp³-hybridized carbons (Fsp3) is 0.290. The number of nitrogens with zero attached hydrogens (tertiary/aromatic N) is 5. The zero-order valence-corrected chi connectivity index (χ0v) is 24.0. The van der Waals surface area contributed by atoms with E-state index in [-0.39, 0.29) is 5.92 Å². The van der Waals surface area contributed by atoms with E-state index < -0.39 is 5.97 Å². The molecule has 0 radical (unpaired) electrons. The first-order valence-corrected chi connectivity index (χ1v) is 13.5. The molecular weight excluding hydrogens is 534 g/mol. The van der Waals surface area contributed by atoms with Gasteiger partial charge in [-0.3, -0.25) is 9.67 Å². The standard InChI is InChI=1S/C31H33N7O4/c1-38-29(20-7-5-19(6-8-20)23(16-32)17-33-13-14-40-2)27-25(37-38)12-10-22-18-34-31(36-28(22)27)35-24-11-9-21(30(39)42-4)15-26(24)41-3/h5-9,11,15-18,23,32H,10,12-14H2,1-4H3,(H,34,35,36). The van der Waals surface area contributed by atoms with Crippen LogP contribution in [0, 0.1) is 5.41 Å². The van der Waals surface area contributed by atoms with E-state index in [9.17, 15) is 4.79 Å². The van der Waals surface area contributed by atoms with Crippen LogP contribution in [0.1, 0.15) is 33.1 Å². The van der Waals surface area contributed by atoms with Gasteiger partial charge in [-0.2, -0.15) is 5.10 Å². The summed E-state index contributed by atoms with van der Waals surface area (Å²) in [7, 11) is 6.46. The molecule has 4 aromatic rings. The van der Waals surface area contributed by atoms with Crippen molar-refractivity contribution in [3.63, 3.8) is 0 Å². The smallest absolute Gasteiger partial charge is 0.337 e. The maximum atomic E-state index is 12.0. The van der Waals surface area contributed by atoms with E-state index in [0.29, 0.717) is 36.1 Å². The number of hydrogen-bond donors (Lipinski definition) is 2. The summed E-state index contributed by atoms with van der Waals surface area (Å²) in [6.45, 7) is 1.10. The molecule has 0 saturated heterocycles. The van der Waals surface area contributed by atoms with E-state index in [4.69, 9.17) is 29.7 Å². The second-order valence-corrected chi connectivity index (χ2v) is 9.76. The molecule has 2 aromatic heterocycles. The second kappa shape index (κ2) is 12.7. The fourth-order valence-electron chi connectivity index (χ4n) is 5.03. The van der Waals surface area contributed by atoms with Gasteiger partial charge in [0.25, 0.3) is 0 Å². The number of hydrogen-bond acceptors (Lipinski definition) is 10. The van der Waals surface area contributed by atoms with Crippen LogP contribution in [-0.2, 0) is 29.4 Å². The second-order valence-electron chi connectivity index (χ2n) is 9.76. The zero-order valence-electron chi connectivity index (χ0n) is 24.0. The molecule has 0 aliphatic heterocycles. The van der Waals surface area contributed by atoms with Gasteiger partial charge in [0.15, 0.2) is 0 Å². The van der Waals surface area contributed by atoms with Crippen molar-refractivity contribution in [2.24, 2.45) is 12.0 Å². The molecule has 2 N–H and O–H groups in total. The zero-order chi connectivity index (χ0) is 29.6. The first kappa shape index (κ1) is 28.6. The lowest BCUT2D eigenvalue weighted by Gasteiger charge is -2.18. The molecule has 42 heavy (non-hydrogen) atoms. The van der Waals surface area contributed by atoms with E-state index in [1.54, 1.807) is 31.5 Å². The number of nitrogens with one attached hydrogen (secondary N) is 2. The summed E-state index contributed by atoms with van der Waals surface area (Å²) in [6.07, 6.45) is 6.60. The molecule has 2 heterocycles. The molecule has 216 valence electrons. The molecule has 11 nitrogen and oxygen atoms in total. The van der Waals surface area contributed by atoms with Crippen molar-refractivity contribution in [1.82, 2.24) is 19.7 Å². The van der Waals surface area contributed by atoms with Crippen molar-refractivity contribution < 1.29 is 19.0 Å². The first-order valence-electron chi connectivity index (χ1n) is 13.5. The van der Waals surface area contributed by atoms with Gasteiger partial charge in [0.05, 0.1) is 61.6 Å². The molecule has 5 rings (SSSR count). The normalized spacial score (nSPS) is 12.9. The van der Waals surface area contributed by atoms with Crippen molar-refractivity contribution in [1.29, 1.82) is 5.41 Å². The van der Waals surface area contributed by atoms with Gasteiger partial charge in [0, 0.05) is 43.9 Å². The quantitative estimate of drug-likeness (QED) is 0.152. The van der Waals surface area contributed by atoms with Crippen molar-refractivity contribution in [2.45, 2.75) is 18.8 Å². The number of aliphatic imine (C=N–C) groups is 1. The number of carbonyl (C=O) groups is 1. The highest BCUT2D eigenvalue weighted by Gasteiger charge is 2.27. The van der Waals surface area contributed by atoms with Crippen molar-refractivity contribution in [2.75, 3.05) is 39.8 Å². The summed E-state index contributed by atoms with van der Waals surface area (Å²) >= 11 is 0. The summed E-state index contributed by atoms with van der Waals surface area (Å²) in [5, 5.41) is 15.9. The number of aromatic nitrogens is 4. The SMILES string of the molecule is COCCN=CC(C=N)c1ccc(-c2c3c(nn2C)CCc2cnc(Nc4ccc(C(=O)OC)cc4OC)nc2-3)cc1. The fourth-order valence-corrected chi connectivity index (χ4v) is 5.03. The minimum Gasteiger partial charge on any atom is -0.495 e. The van der Waals surface area contributed by atoms with Crippen LogP contribution >= 0.6 is 0 Å². The van der Waals surface area contributed by atoms with E-state index in [1.165, 1.54) is 20.4 Å². The molecule has 0 fully saturated rings. The number of anilines is 2. The molecular formula is C31H33N7O4. The highest BCUT2D eigenvalue weighted by Crippen LogP contribution is 2.40. The third kappa shape index (κ3) is 5.77. The summed E-state index contributed by atoms with van der Waals surface area (Å²) < 4.78 is 17.3. The number of ether oxygens (including phenoxy) is 3. The van der Waals surface area contributed by atoms with E-state index in [2.05, 4.69) is 27.4 Å². The minimum absolute atomic E-state index is 0.211. The topological polar surface area (TPSA) is 137 Å². The number of fused-ring (bicyclic) bond motifs is 3. The molecule has 11 heteroatoms. The molecule has 0 amide bonds. The number of carbonyl (C=O) groups excluding carboxylic acids is 1. The van der Waals surface area contributed by atoms with Crippen LogP contribution in [0.15, 0.2) is 53.7 Å². The molecule has 0 spiro atoms. The van der Waals surface area contributed by atoms with Gasteiger partial charge in [-0.25, -0.2) is 14.8 Å². The predicted molar refractivity (Wildman–Crippen MR) is 161 cm³/mol. The summed E-state index contributed by atoms with van der Waals surface area (Å²) in [4.78, 5) is 25.8. The number of aryl methyl sites for hydroxylation is 3. The lowest BCUT2D eigenvalue weighted by molar-refractivity contribution is 0.0600. The first-order chi connectivity index (χ1) is 20.5. The summed E-state index contributed by atoms with van der Waals surface area (Å²) in [5.74, 6) is 0.210. The molecule has 0 saturated carbocycles. The Morgan fingerprint density at radius 1 is 1.17 bits per heavy atom. The Balaban J connectivity index is 1.47. The van der Waals surface area contributed by atoms with Crippen LogP contribution in [0.25, 0.3) is 22.5 Å². The van der Waals surface area contributed by atoms with Crippen LogP contribution < -0.4 is 10.1 Å². The Bertz CT molecular complexity index is 1630. The average Bonchev–Trinajstić information content (AvgIpc) is 3.37. The molecule has 1 atom stereocenters. The molecule has 1 aliphatic carbocycles. The summed E-state index contributed by atoms with van der Waals surface area (Å²) in [6, 6.07) is 13.2. The summed E-state index contributed by atoms with van der Waals surface area (Å²) in [5.41, 5.74) is 7.77. The maximum Gasteiger partial charge on any atom is 0.337 e. The molecule has 1 unspecified atom stereocenters. The third-order valence-corrected chi connectivity index (χ3v) is 7.16. The van der Waals surface area contributed by atoms with Crippen LogP contribution in [0.4, 0.5) is 11.6 Å². The van der Waals surface area contributed by atoms with Crippen LogP contribution in [-0.4, -0.2) is 72.6 Å². The van der Waals surface area contributed by atoms with Crippen LogP contribution in [0.5, 0.6) is 5.75 Å². The highest BCUT2D eigenvalue weighted by molar-refractivity contribution is 5.91. The minimum atomic E-state index is -0.446. The molecule has 0 bridgehead atoms. The van der Waals surface area contributed by atoms with Crippen LogP contribution in [0.3, 0.4) is 0 Å². The Kier molecular flexibility index (Phi) is 8.68. The van der Waals surface area contributed by atoms with E-state index in [1.807, 2.05) is 30.1 Å². The number of esters is 1. The monoisotopic (exact) mass is 567 g/mol. The number of benzene rings is 2. The Hall–Kier alpha value is -4.90. The maximum absolute atomic E-state index is 12.0. The average molecular weight is 568 g/mol. The van der Waals surface area contributed by atoms with Gasteiger partial charge < -0.3 is 24.9 Å². The predicted octanol–water partition coefficient (Wildman–Crippen LogP) is 4.63. The van der Waals surface area contributed by atoms with Gasteiger partial charge in [-0.15, -0.1) is 0 Å². The van der Waals surface area contributed by atoms with Gasteiger partial charge in [0.1, 0.15) is 5.75 Å². The van der Waals surface area contributed by atoms with Gasteiger partial charge in [0.2, 0.25) is 5.95 Å². The van der Waals surface area contributed by atoms with Gasteiger partial charge in [-0.1, -0.05) is 24.3 Å². The van der Waals surface area contributed by atoms with Crippen molar-refractivity contribution in [3.8, 4) is 28.3 Å². The lowest BCUT2D eigenvalue weighted by atomic mass is 9.91. The Labute approximate surface area is 244 Å². The van der Waals surface area contributed by atoms with E-state index >= 15 is 0 Å². The Morgan fingerprint density at radius 3 is 2.69 bits per heavy atom. The Morgan fingerprint density at radius 2 is 1.98 bits per heavy atom. The number of methoxy groups -OCH3 is 3. The highest BCUT2D eigenvalue weighted by atomic mass is 16.5. The van der Waals surface area contributed by atoms with Crippen LogP contribution in [0.2, 0.25) is 0 Å². The molecule has 1 aliphatic rings. The molecule has 2 aromatic carbocycles. The van der Waals surface area contributed by atoms with Gasteiger partial charge in [-0.05, 0) is 42.2 Å². The van der Waals surface area contributed by atoms with Crippen molar-refractivity contribution >= 4 is 30.0 Å². The third-order valence-electron chi connectivity index (χ3n) is 7.16. The van der Waals surface area contributed by atoms with Gasteiger partial charge >= 0.3 is 5.97 Å². The largest absolute Gasteiger partial charge is 0.495 e. The lowest BCUT2D eigenvalue weighted by Crippen LogP contribution is -2.09.